The van der Waals surface area contributed by atoms with Gasteiger partial charge < -0.3 is 9.13 Å². The van der Waals surface area contributed by atoms with Crippen molar-refractivity contribution in [3.63, 3.8) is 0 Å². The quantitative estimate of drug-likeness (QED) is 0.166. The van der Waals surface area contributed by atoms with Crippen molar-refractivity contribution < 1.29 is 9.59 Å². The van der Waals surface area contributed by atoms with Crippen LogP contribution in [0, 0.1) is 0 Å². The van der Waals surface area contributed by atoms with Crippen molar-refractivity contribution in [2.75, 3.05) is 5.01 Å². The molecule has 0 bridgehead atoms. The Morgan fingerprint density at radius 3 is 1.11 bits per heavy atom. The molecule has 300 valence electrons. The van der Waals surface area contributed by atoms with Crippen molar-refractivity contribution in [3.8, 4) is 11.4 Å². The van der Waals surface area contributed by atoms with E-state index in [2.05, 4.69) is 184 Å². The molecule has 0 saturated carbocycles. The van der Waals surface area contributed by atoms with Crippen LogP contribution in [0.4, 0.5) is 0 Å². The van der Waals surface area contributed by atoms with Crippen LogP contribution in [0.15, 0.2) is 177 Å². The van der Waals surface area contributed by atoms with Crippen LogP contribution in [0.25, 0.3) is 76.8 Å². The van der Waals surface area contributed by atoms with Gasteiger partial charge in [-0.2, -0.15) is 5.01 Å². The van der Waals surface area contributed by atoms with Crippen molar-refractivity contribution in [2.45, 2.75) is 51.0 Å². The van der Waals surface area contributed by atoms with Crippen LogP contribution in [0.3, 0.4) is 0 Å². The lowest BCUT2D eigenvalue weighted by molar-refractivity contribution is -0.121. The lowest BCUT2D eigenvalue weighted by Crippen LogP contribution is -2.48. The predicted molar refractivity (Wildman–Crippen MR) is 259 cm³/mol. The smallest absolute Gasteiger partial charge is 0.281 e. The van der Waals surface area contributed by atoms with Gasteiger partial charge in [0.15, 0.2) is 0 Å². The first-order chi connectivity index (χ1) is 30.0. The van der Waals surface area contributed by atoms with Gasteiger partial charge in [0, 0.05) is 43.7 Å². The first-order valence-corrected chi connectivity index (χ1v) is 22.8. The van der Waals surface area contributed by atoms with E-state index in [4.69, 9.17) is 0 Å². The highest BCUT2D eigenvalue weighted by Crippen LogP contribution is 2.70. The molecule has 0 N–H and O–H groups in total. The molecule has 1 saturated heterocycles. The molecule has 6 aromatic carbocycles. The molecule has 9 aromatic rings. The molecule has 6 nitrogen and oxygen atoms in total. The van der Waals surface area contributed by atoms with Gasteiger partial charge in [0.2, 0.25) is 0 Å². The third-order valence-electron chi connectivity index (χ3n) is 14.5. The number of carbonyl (C=O) groups is 2. The summed E-state index contributed by atoms with van der Waals surface area (Å²) >= 11 is 3.69. The summed E-state index contributed by atoms with van der Waals surface area (Å²) in [4.78, 5) is 33.6. The standard InChI is InChI=1S/C54H40N4O2S2/c1-29-31(3)61-53(5)49(29)47-48(50-30(2)32(4)62-54(50,53)6)52(60)58(51(47)59)57-45-25-23-33(55-41-19-11-7-15-35(41)36-16-8-12-20-42(36)55)27-39(45)40-28-34(24-26-46(40)57)56-43-21-13-9-17-37(43)38-18-10-14-22-44(38)56/h7-28H,1-6H3. The number of benzene rings is 6. The number of aromatic nitrogens is 3. The van der Waals surface area contributed by atoms with Gasteiger partial charge in [-0.05, 0) is 134 Å². The van der Waals surface area contributed by atoms with E-state index in [-0.39, 0.29) is 11.8 Å². The van der Waals surface area contributed by atoms with Crippen LogP contribution in [0.5, 0.6) is 0 Å². The number of allylic oxidation sites excluding steroid dienone is 4. The van der Waals surface area contributed by atoms with Crippen molar-refractivity contribution in [2.24, 2.45) is 0 Å². The molecule has 8 heteroatoms. The molecule has 2 amide bonds. The summed E-state index contributed by atoms with van der Waals surface area (Å²) in [7, 11) is 0. The average molecular weight is 841 g/mol. The van der Waals surface area contributed by atoms with E-state index < -0.39 is 9.49 Å². The highest BCUT2D eigenvalue weighted by atomic mass is 32.2. The van der Waals surface area contributed by atoms with Crippen LogP contribution in [0.1, 0.15) is 41.5 Å². The summed E-state index contributed by atoms with van der Waals surface area (Å²) in [6, 6.07) is 47.1. The van der Waals surface area contributed by atoms with Gasteiger partial charge in [-0.15, -0.1) is 23.5 Å². The zero-order valence-electron chi connectivity index (χ0n) is 35.1. The Kier molecular flexibility index (Phi) is 7.08. The van der Waals surface area contributed by atoms with Gasteiger partial charge >= 0.3 is 0 Å². The largest absolute Gasteiger partial charge is 0.309 e. The van der Waals surface area contributed by atoms with Crippen LogP contribution in [-0.2, 0) is 9.59 Å². The highest BCUT2D eigenvalue weighted by molar-refractivity contribution is 8.09. The second-order valence-electron chi connectivity index (χ2n) is 17.5. The van der Waals surface area contributed by atoms with E-state index in [9.17, 15) is 0 Å². The van der Waals surface area contributed by atoms with E-state index in [0.29, 0.717) is 11.1 Å². The summed E-state index contributed by atoms with van der Waals surface area (Å²) in [5.41, 5.74) is 13.4. The SMILES string of the molecule is CC1=C(C)C2=C3C(=O)N(n4c5ccc(-n6c7ccccc7c7ccccc76)cc5c5cc(-n6c7ccccc7c7ccccc76)ccc54)C(=O)C3=C3C(C)=C(C)SC3(C)C2(C)S1. The fourth-order valence-corrected chi connectivity index (χ4v) is 14.8. The van der Waals surface area contributed by atoms with Crippen molar-refractivity contribution in [3.05, 3.63) is 177 Å². The zero-order chi connectivity index (χ0) is 42.1. The lowest BCUT2D eigenvalue weighted by atomic mass is 9.68. The molecule has 4 aliphatic rings. The second-order valence-corrected chi connectivity index (χ2v) is 20.8. The van der Waals surface area contributed by atoms with Crippen LogP contribution >= 0.6 is 23.5 Å². The Morgan fingerprint density at radius 1 is 0.419 bits per heavy atom. The number of carbonyl (C=O) groups excluding carboxylic acids is 2. The Morgan fingerprint density at radius 2 is 0.758 bits per heavy atom. The lowest BCUT2D eigenvalue weighted by Gasteiger charge is -2.46. The summed E-state index contributed by atoms with van der Waals surface area (Å²) in [6.07, 6.45) is 0. The molecular weight excluding hydrogens is 801 g/mol. The summed E-state index contributed by atoms with van der Waals surface area (Å²) < 4.78 is 5.71. The molecule has 1 fully saturated rings. The molecule has 62 heavy (non-hydrogen) atoms. The Labute approximate surface area is 366 Å². The van der Waals surface area contributed by atoms with Gasteiger partial charge in [-0.3, -0.25) is 9.59 Å². The zero-order valence-corrected chi connectivity index (χ0v) is 36.8. The van der Waals surface area contributed by atoms with Crippen LogP contribution in [-0.4, -0.2) is 35.1 Å². The van der Waals surface area contributed by atoms with E-state index in [1.54, 1.807) is 0 Å². The summed E-state index contributed by atoms with van der Waals surface area (Å²) in [6.45, 7) is 13.1. The average Bonchev–Trinajstić information content (AvgIpc) is 4.07. The molecule has 6 heterocycles. The fourth-order valence-electron chi connectivity index (χ4n) is 11.5. The molecule has 13 rings (SSSR count). The topological polar surface area (TPSA) is 52.2 Å². The van der Waals surface area contributed by atoms with Crippen LogP contribution < -0.4 is 5.01 Å². The number of nitrogens with zero attached hydrogens (tertiary/aromatic N) is 4. The van der Waals surface area contributed by atoms with Gasteiger partial charge in [-0.1, -0.05) is 72.8 Å². The number of fused-ring (bicyclic) bond motifs is 13. The van der Waals surface area contributed by atoms with Crippen molar-refractivity contribution in [1.29, 1.82) is 0 Å². The number of imide groups is 1. The number of hydrogen-bond acceptors (Lipinski definition) is 4. The maximum Gasteiger partial charge on any atom is 0.281 e. The maximum atomic E-state index is 15.6. The first-order valence-electron chi connectivity index (χ1n) is 21.2. The molecular formula is C54H40N4O2S2. The Balaban J connectivity index is 1.12. The van der Waals surface area contributed by atoms with Gasteiger partial charge in [-0.25, -0.2) is 4.68 Å². The summed E-state index contributed by atoms with van der Waals surface area (Å²) in [5, 5.41) is 8.11. The van der Waals surface area contributed by atoms with Gasteiger partial charge in [0.1, 0.15) is 0 Å². The van der Waals surface area contributed by atoms with Crippen molar-refractivity contribution >= 4 is 101 Å². The van der Waals surface area contributed by atoms with E-state index in [0.717, 1.165) is 77.5 Å². The Hall–Kier alpha value is -6.48. The minimum absolute atomic E-state index is 0.269. The monoisotopic (exact) mass is 840 g/mol. The summed E-state index contributed by atoms with van der Waals surface area (Å²) in [5.74, 6) is -0.538. The molecule has 2 atom stereocenters. The minimum Gasteiger partial charge on any atom is -0.309 e. The van der Waals surface area contributed by atoms with Gasteiger partial charge in [0.05, 0.1) is 53.7 Å². The Bertz CT molecular complexity index is 3430. The fraction of sp³-hybridized carbons (Fsp3) is 0.148. The van der Waals surface area contributed by atoms with Gasteiger partial charge in [0.25, 0.3) is 11.8 Å². The maximum absolute atomic E-state index is 15.6. The molecule has 3 aliphatic heterocycles. The van der Waals surface area contributed by atoms with Crippen molar-refractivity contribution in [1.82, 2.24) is 13.8 Å². The number of para-hydroxylation sites is 4. The third kappa shape index (κ3) is 4.24. The van der Waals surface area contributed by atoms with E-state index in [1.165, 1.54) is 36.4 Å². The second kappa shape index (κ2) is 12.1. The predicted octanol–water partition coefficient (Wildman–Crippen LogP) is 13.2. The number of thioether (sulfide) groups is 2. The number of amides is 2. The number of rotatable bonds is 3. The molecule has 3 aromatic heterocycles. The first kappa shape index (κ1) is 36.2. The molecule has 0 spiro atoms. The molecule has 2 unspecified atom stereocenters. The third-order valence-corrected chi connectivity index (χ3v) is 17.9. The normalized spacial score (nSPS) is 21.5. The highest BCUT2D eigenvalue weighted by Gasteiger charge is 2.64. The van der Waals surface area contributed by atoms with E-state index >= 15 is 9.59 Å². The number of hydrogen-bond donors (Lipinski definition) is 0. The van der Waals surface area contributed by atoms with Crippen LogP contribution in [0.2, 0.25) is 0 Å². The molecule has 1 aliphatic carbocycles. The molecule has 0 radical (unpaired) electrons. The minimum atomic E-state index is -0.430. The van der Waals surface area contributed by atoms with E-state index in [1.807, 2.05) is 28.2 Å².